The van der Waals surface area contributed by atoms with Gasteiger partial charge in [0, 0.05) is 17.4 Å². The second-order valence-electron chi connectivity index (χ2n) is 5.25. The van der Waals surface area contributed by atoms with Crippen molar-refractivity contribution in [2.45, 2.75) is 33.6 Å². The van der Waals surface area contributed by atoms with Crippen LogP contribution in [0.25, 0.3) is 11.3 Å². The molecule has 0 aromatic carbocycles. The van der Waals surface area contributed by atoms with E-state index in [4.69, 9.17) is 10.2 Å². The van der Waals surface area contributed by atoms with Gasteiger partial charge in [-0.2, -0.15) is 0 Å². The molecule has 1 atom stereocenters. The average Bonchev–Trinajstić information content (AvgIpc) is 3.04. The van der Waals surface area contributed by atoms with Crippen molar-refractivity contribution < 1.29 is 14.0 Å². The molecule has 0 unspecified atom stereocenters. The van der Waals surface area contributed by atoms with E-state index in [0.717, 1.165) is 6.42 Å². The molecule has 6 nitrogen and oxygen atoms in total. The van der Waals surface area contributed by atoms with Gasteiger partial charge < -0.3 is 15.5 Å². The number of aromatic nitrogens is 1. The van der Waals surface area contributed by atoms with Crippen molar-refractivity contribution in [1.82, 2.24) is 4.98 Å². The van der Waals surface area contributed by atoms with E-state index in [1.165, 1.54) is 11.3 Å². The van der Waals surface area contributed by atoms with Crippen molar-refractivity contribution >= 4 is 28.3 Å². The Bertz CT molecular complexity index is 690. The van der Waals surface area contributed by atoms with Crippen LogP contribution in [0.15, 0.2) is 15.9 Å². The standard InChI is InChI=1S/C15H19N3O3S/c1-4-8(2)5-13(19)18-15-17-11(7-22-15)10-6-12(14(16)20)21-9(10)3/h6-8H,4-5H2,1-3H3,(H2,16,20)(H,17,18,19)/t8-/m1/s1. The minimum Gasteiger partial charge on any atom is -0.456 e. The Hall–Kier alpha value is -2.15. The summed E-state index contributed by atoms with van der Waals surface area (Å²) >= 11 is 1.33. The number of hydrogen-bond donors (Lipinski definition) is 2. The molecule has 2 aromatic rings. The van der Waals surface area contributed by atoms with E-state index < -0.39 is 5.91 Å². The molecular formula is C15H19N3O3S. The lowest BCUT2D eigenvalue weighted by molar-refractivity contribution is -0.117. The molecule has 3 N–H and O–H groups in total. The molecule has 0 radical (unpaired) electrons. The molecule has 0 spiro atoms. The first-order valence-electron chi connectivity index (χ1n) is 7.06. The Morgan fingerprint density at radius 1 is 1.50 bits per heavy atom. The van der Waals surface area contributed by atoms with E-state index in [-0.39, 0.29) is 11.7 Å². The Morgan fingerprint density at radius 2 is 2.23 bits per heavy atom. The van der Waals surface area contributed by atoms with E-state index in [0.29, 0.717) is 34.5 Å². The molecule has 2 aromatic heterocycles. The first kappa shape index (κ1) is 16.2. The third-order valence-electron chi connectivity index (χ3n) is 3.42. The molecule has 7 heteroatoms. The number of nitrogens with zero attached hydrogens (tertiary/aromatic N) is 1. The number of primary amides is 1. The topological polar surface area (TPSA) is 98.2 Å². The van der Waals surface area contributed by atoms with E-state index >= 15 is 0 Å². The second-order valence-corrected chi connectivity index (χ2v) is 6.11. The maximum atomic E-state index is 11.9. The molecule has 0 fully saturated rings. The van der Waals surface area contributed by atoms with Gasteiger partial charge in [0.1, 0.15) is 5.76 Å². The van der Waals surface area contributed by atoms with Crippen molar-refractivity contribution in [2.75, 3.05) is 5.32 Å². The van der Waals surface area contributed by atoms with Crippen LogP contribution in [0.3, 0.4) is 0 Å². The summed E-state index contributed by atoms with van der Waals surface area (Å²) < 4.78 is 5.29. The third-order valence-corrected chi connectivity index (χ3v) is 4.18. The summed E-state index contributed by atoms with van der Waals surface area (Å²) in [6.45, 7) is 5.83. The first-order valence-corrected chi connectivity index (χ1v) is 7.94. The zero-order valence-corrected chi connectivity index (χ0v) is 13.6. The Kier molecular flexibility index (Phi) is 4.97. The van der Waals surface area contributed by atoms with Gasteiger partial charge in [-0.25, -0.2) is 4.98 Å². The molecule has 0 saturated carbocycles. The fraction of sp³-hybridized carbons (Fsp3) is 0.400. The smallest absolute Gasteiger partial charge is 0.284 e. The van der Waals surface area contributed by atoms with Crippen LogP contribution in [-0.2, 0) is 4.79 Å². The van der Waals surface area contributed by atoms with Gasteiger partial charge in [-0.1, -0.05) is 20.3 Å². The largest absolute Gasteiger partial charge is 0.456 e. The molecule has 2 heterocycles. The maximum absolute atomic E-state index is 11.9. The summed E-state index contributed by atoms with van der Waals surface area (Å²) in [5, 5.41) is 5.13. The zero-order chi connectivity index (χ0) is 16.3. The highest BCUT2D eigenvalue weighted by Crippen LogP contribution is 2.29. The summed E-state index contributed by atoms with van der Waals surface area (Å²) in [6.07, 6.45) is 1.43. The Labute approximate surface area is 132 Å². The number of aryl methyl sites for hydroxylation is 1. The minimum atomic E-state index is -0.619. The number of thiazole rings is 1. The van der Waals surface area contributed by atoms with Crippen molar-refractivity contribution in [3.8, 4) is 11.3 Å². The van der Waals surface area contributed by atoms with Crippen molar-refractivity contribution in [2.24, 2.45) is 11.7 Å². The van der Waals surface area contributed by atoms with Crippen molar-refractivity contribution in [3.63, 3.8) is 0 Å². The first-order chi connectivity index (χ1) is 10.4. The Balaban J connectivity index is 2.11. The Morgan fingerprint density at radius 3 is 2.82 bits per heavy atom. The quantitative estimate of drug-likeness (QED) is 0.853. The molecule has 0 bridgehead atoms. The molecule has 0 saturated heterocycles. The number of amides is 2. The summed E-state index contributed by atoms with van der Waals surface area (Å²) in [5.41, 5.74) is 6.55. The summed E-state index contributed by atoms with van der Waals surface area (Å²) in [7, 11) is 0. The van der Waals surface area contributed by atoms with Crippen LogP contribution in [0.2, 0.25) is 0 Å². The van der Waals surface area contributed by atoms with Crippen LogP contribution in [0.1, 0.15) is 43.0 Å². The molecule has 2 amide bonds. The van der Waals surface area contributed by atoms with Crippen LogP contribution in [-0.4, -0.2) is 16.8 Å². The van der Waals surface area contributed by atoms with Gasteiger partial charge in [0.05, 0.1) is 5.69 Å². The molecule has 22 heavy (non-hydrogen) atoms. The average molecular weight is 321 g/mol. The molecule has 118 valence electrons. The zero-order valence-electron chi connectivity index (χ0n) is 12.8. The van der Waals surface area contributed by atoms with Crippen molar-refractivity contribution in [3.05, 3.63) is 23.0 Å². The number of rotatable bonds is 6. The van der Waals surface area contributed by atoms with Gasteiger partial charge in [-0.3, -0.25) is 9.59 Å². The van der Waals surface area contributed by atoms with E-state index in [1.807, 2.05) is 12.3 Å². The minimum absolute atomic E-state index is 0.0445. The summed E-state index contributed by atoms with van der Waals surface area (Å²) in [4.78, 5) is 27.4. The predicted octanol–water partition coefficient (Wildman–Crippen LogP) is 3.19. The van der Waals surface area contributed by atoms with Gasteiger partial charge in [-0.15, -0.1) is 11.3 Å². The highest BCUT2D eigenvalue weighted by atomic mass is 32.1. The van der Waals surface area contributed by atoms with Crippen LogP contribution in [0, 0.1) is 12.8 Å². The predicted molar refractivity (Wildman–Crippen MR) is 85.8 cm³/mol. The second kappa shape index (κ2) is 6.74. The third kappa shape index (κ3) is 3.73. The van der Waals surface area contributed by atoms with Gasteiger partial charge in [0.2, 0.25) is 5.91 Å². The van der Waals surface area contributed by atoms with E-state index in [1.54, 1.807) is 13.0 Å². The fourth-order valence-corrected chi connectivity index (χ4v) is 2.67. The number of furan rings is 1. The number of carbonyl (C=O) groups excluding carboxylic acids is 2. The number of hydrogen-bond acceptors (Lipinski definition) is 5. The number of carbonyl (C=O) groups is 2. The lowest BCUT2D eigenvalue weighted by atomic mass is 10.1. The van der Waals surface area contributed by atoms with Gasteiger partial charge in [-0.05, 0) is 18.9 Å². The molecular weight excluding hydrogens is 302 g/mol. The molecule has 0 aliphatic rings. The summed E-state index contributed by atoms with van der Waals surface area (Å²) in [6, 6.07) is 1.57. The SMILES string of the molecule is CC[C@@H](C)CC(=O)Nc1nc(-c2cc(C(N)=O)oc2C)cs1. The van der Waals surface area contributed by atoms with Gasteiger partial charge in [0.15, 0.2) is 10.9 Å². The normalized spacial score (nSPS) is 12.1. The number of nitrogens with two attached hydrogens (primary N) is 1. The van der Waals surface area contributed by atoms with Crippen LogP contribution in [0.5, 0.6) is 0 Å². The number of nitrogens with one attached hydrogen (secondary N) is 1. The van der Waals surface area contributed by atoms with Gasteiger partial charge in [0.25, 0.3) is 5.91 Å². The lowest BCUT2D eigenvalue weighted by Gasteiger charge is -2.06. The summed E-state index contributed by atoms with van der Waals surface area (Å²) in [5.74, 6) is 0.344. The lowest BCUT2D eigenvalue weighted by Crippen LogP contribution is -2.14. The number of anilines is 1. The van der Waals surface area contributed by atoms with E-state index in [9.17, 15) is 9.59 Å². The van der Waals surface area contributed by atoms with Crippen LogP contribution < -0.4 is 11.1 Å². The monoisotopic (exact) mass is 321 g/mol. The molecule has 2 rings (SSSR count). The fourth-order valence-electron chi connectivity index (χ4n) is 1.94. The van der Waals surface area contributed by atoms with Crippen LogP contribution in [0.4, 0.5) is 5.13 Å². The molecule has 0 aliphatic carbocycles. The van der Waals surface area contributed by atoms with Crippen molar-refractivity contribution in [1.29, 1.82) is 0 Å². The van der Waals surface area contributed by atoms with E-state index in [2.05, 4.69) is 17.2 Å². The maximum Gasteiger partial charge on any atom is 0.284 e. The van der Waals surface area contributed by atoms with Crippen LogP contribution >= 0.6 is 11.3 Å². The van der Waals surface area contributed by atoms with Gasteiger partial charge >= 0.3 is 0 Å². The highest BCUT2D eigenvalue weighted by Gasteiger charge is 2.16. The molecule has 0 aliphatic heterocycles. The highest BCUT2D eigenvalue weighted by molar-refractivity contribution is 7.14.